The highest BCUT2D eigenvalue weighted by Gasteiger charge is 2.24. The van der Waals surface area contributed by atoms with Crippen LogP contribution in [0, 0.1) is 6.92 Å². The maximum atomic E-state index is 4.75. The third kappa shape index (κ3) is 2.58. The average molecular weight is 309 g/mol. The smallest absolute Gasteiger partial charge is 0.229 e. The lowest BCUT2D eigenvalue weighted by Crippen LogP contribution is -2.28. The molecule has 1 aliphatic heterocycles. The second kappa shape index (κ2) is 5.49. The monoisotopic (exact) mass is 309 g/mol. The van der Waals surface area contributed by atoms with Gasteiger partial charge in [0.05, 0.1) is 5.39 Å². The Kier molecular flexibility index (Phi) is 3.33. The number of rotatable bonds is 3. The molecule has 118 valence electrons. The number of H-pyrrole nitrogens is 1. The minimum absolute atomic E-state index is 0.455. The Morgan fingerprint density at radius 1 is 1.35 bits per heavy atom. The van der Waals surface area contributed by atoms with Crippen molar-refractivity contribution in [1.82, 2.24) is 25.1 Å². The molecule has 7 heteroatoms. The largest absolute Gasteiger partial charge is 0.338 e. The lowest BCUT2D eigenvalue weighted by molar-refractivity contribution is 0.719. The van der Waals surface area contributed by atoms with Gasteiger partial charge in [-0.2, -0.15) is 15.1 Å². The number of nitrogens with one attached hydrogen (secondary N) is 2. The van der Waals surface area contributed by atoms with E-state index in [1.807, 2.05) is 25.1 Å². The zero-order chi connectivity index (χ0) is 15.8. The van der Waals surface area contributed by atoms with Crippen molar-refractivity contribution in [2.45, 2.75) is 32.7 Å². The Morgan fingerprint density at radius 2 is 2.26 bits per heavy atom. The van der Waals surface area contributed by atoms with Crippen LogP contribution in [0.1, 0.15) is 25.5 Å². The van der Waals surface area contributed by atoms with Crippen LogP contribution in [0.5, 0.6) is 0 Å². The molecule has 0 radical (unpaired) electrons. The zero-order valence-corrected chi connectivity index (χ0v) is 13.2. The van der Waals surface area contributed by atoms with Gasteiger partial charge in [-0.05, 0) is 38.8 Å². The summed E-state index contributed by atoms with van der Waals surface area (Å²) < 4.78 is 0. The first kappa shape index (κ1) is 13.9. The average Bonchev–Trinajstić information content (AvgIpc) is 3.15. The fraction of sp³-hybridized carbons (Fsp3) is 0.375. The summed E-state index contributed by atoms with van der Waals surface area (Å²) in [6.07, 6.45) is 4.10. The minimum Gasteiger partial charge on any atom is -0.338 e. The Balaban J connectivity index is 1.80. The summed E-state index contributed by atoms with van der Waals surface area (Å²) in [5.41, 5.74) is 1.70. The topological polar surface area (TPSA) is 82.6 Å². The van der Waals surface area contributed by atoms with Gasteiger partial charge in [0, 0.05) is 30.5 Å². The SMILES string of the molecule is Cc1cc(Nc2nc(N3CCCC3C)nc3ncccc23)n[nH]1. The Labute approximate surface area is 134 Å². The van der Waals surface area contributed by atoms with Crippen LogP contribution in [0.25, 0.3) is 11.0 Å². The number of aromatic nitrogens is 5. The number of nitrogens with zero attached hydrogens (tertiary/aromatic N) is 5. The standard InChI is InChI=1S/C16H19N7/c1-10-9-13(22-21-10)18-15-12-6-3-7-17-14(12)19-16(20-15)23-8-4-5-11(23)2/h3,6-7,9,11H,4-5,8H2,1-2H3,(H2,17,18,19,20,21,22). The molecule has 1 atom stereocenters. The molecule has 1 saturated heterocycles. The van der Waals surface area contributed by atoms with E-state index in [2.05, 4.69) is 37.3 Å². The van der Waals surface area contributed by atoms with Gasteiger partial charge in [0.1, 0.15) is 5.82 Å². The minimum atomic E-state index is 0.455. The van der Waals surface area contributed by atoms with Crippen molar-refractivity contribution < 1.29 is 0 Å². The lowest BCUT2D eigenvalue weighted by atomic mass is 10.2. The van der Waals surface area contributed by atoms with Crippen LogP contribution < -0.4 is 10.2 Å². The van der Waals surface area contributed by atoms with E-state index in [9.17, 15) is 0 Å². The highest BCUT2D eigenvalue weighted by Crippen LogP contribution is 2.28. The van der Waals surface area contributed by atoms with Gasteiger partial charge in [-0.3, -0.25) is 5.10 Å². The van der Waals surface area contributed by atoms with Crippen LogP contribution in [0.2, 0.25) is 0 Å². The van der Waals surface area contributed by atoms with Crippen molar-refractivity contribution >= 4 is 28.6 Å². The van der Waals surface area contributed by atoms with Crippen molar-refractivity contribution in [1.29, 1.82) is 0 Å². The van der Waals surface area contributed by atoms with Gasteiger partial charge < -0.3 is 10.2 Å². The van der Waals surface area contributed by atoms with Gasteiger partial charge in [0.25, 0.3) is 0 Å². The molecule has 4 heterocycles. The number of hydrogen-bond donors (Lipinski definition) is 2. The van der Waals surface area contributed by atoms with E-state index >= 15 is 0 Å². The number of anilines is 3. The van der Waals surface area contributed by atoms with Crippen molar-refractivity contribution in [3.63, 3.8) is 0 Å². The molecule has 1 fully saturated rings. The molecular formula is C16H19N7. The first-order valence-corrected chi connectivity index (χ1v) is 7.89. The molecule has 7 nitrogen and oxygen atoms in total. The molecule has 23 heavy (non-hydrogen) atoms. The summed E-state index contributed by atoms with van der Waals surface area (Å²) in [5, 5.41) is 11.3. The maximum Gasteiger partial charge on any atom is 0.229 e. The van der Waals surface area contributed by atoms with E-state index in [1.54, 1.807) is 6.20 Å². The first-order valence-electron chi connectivity index (χ1n) is 7.89. The summed E-state index contributed by atoms with van der Waals surface area (Å²) in [4.78, 5) is 16.0. The van der Waals surface area contributed by atoms with Crippen LogP contribution in [-0.4, -0.2) is 37.7 Å². The molecule has 0 aromatic carbocycles. The second-order valence-electron chi connectivity index (χ2n) is 5.99. The molecule has 4 rings (SSSR count). The third-order valence-corrected chi connectivity index (χ3v) is 4.22. The van der Waals surface area contributed by atoms with E-state index in [0.29, 0.717) is 11.7 Å². The van der Waals surface area contributed by atoms with Crippen LogP contribution in [0.4, 0.5) is 17.6 Å². The second-order valence-corrected chi connectivity index (χ2v) is 5.99. The highest BCUT2D eigenvalue weighted by atomic mass is 15.3. The lowest BCUT2D eigenvalue weighted by Gasteiger charge is -2.22. The third-order valence-electron chi connectivity index (χ3n) is 4.22. The summed E-state index contributed by atoms with van der Waals surface area (Å²) in [5.74, 6) is 2.21. The van der Waals surface area contributed by atoms with Crippen LogP contribution in [0.3, 0.4) is 0 Å². The van der Waals surface area contributed by atoms with E-state index in [0.717, 1.165) is 35.2 Å². The van der Waals surface area contributed by atoms with E-state index in [1.165, 1.54) is 12.8 Å². The molecule has 3 aromatic heterocycles. The molecule has 0 spiro atoms. The Morgan fingerprint density at radius 3 is 3.00 bits per heavy atom. The highest BCUT2D eigenvalue weighted by molar-refractivity contribution is 5.89. The quantitative estimate of drug-likeness (QED) is 0.774. The Hall–Kier alpha value is -2.70. The van der Waals surface area contributed by atoms with E-state index in [4.69, 9.17) is 4.98 Å². The van der Waals surface area contributed by atoms with Gasteiger partial charge >= 0.3 is 0 Å². The number of fused-ring (bicyclic) bond motifs is 1. The predicted octanol–water partition coefficient (Wildman–Crippen LogP) is 2.79. The summed E-state index contributed by atoms with van der Waals surface area (Å²) >= 11 is 0. The summed E-state index contributed by atoms with van der Waals surface area (Å²) in [7, 11) is 0. The molecule has 2 N–H and O–H groups in total. The van der Waals surface area contributed by atoms with Crippen molar-refractivity contribution in [3.05, 3.63) is 30.1 Å². The number of hydrogen-bond acceptors (Lipinski definition) is 6. The normalized spacial score (nSPS) is 17.8. The fourth-order valence-electron chi connectivity index (χ4n) is 3.01. The first-order chi connectivity index (χ1) is 11.2. The summed E-state index contributed by atoms with van der Waals surface area (Å²) in [6, 6.07) is 6.27. The molecule has 3 aromatic rings. The Bertz CT molecular complexity index is 841. The van der Waals surface area contributed by atoms with Gasteiger partial charge in [0.15, 0.2) is 11.5 Å². The van der Waals surface area contributed by atoms with Gasteiger partial charge in [-0.25, -0.2) is 4.98 Å². The number of pyridine rings is 1. The molecule has 0 aliphatic carbocycles. The molecule has 0 bridgehead atoms. The fourth-order valence-corrected chi connectivity index (χ4v) is 3.01. The molecule has 1 aliphatic rings. The van der Waals surface area contributed by atoms with Crippen molar-refractivity contribution in [2.75, 3.05) is 16.8 Å². The van der Waals surface area contributed by atoms with Crippen molar-refractivity contribution in [3.8, 4) is 0 Å². The predicted molar refractivity (Wildman–Crippen MR) is 90.0 cm³/mol. The van der Waals surface area contributed by atoms with Crippen LogP contribution in [-0.2, 0) is 0 Å². The van der Waals surface area contributed by atoms with Gasteiger partial charge in [0.2, 0.25) is 5.95 Å². The van der Waals surface area contributed by atoms with E-state index in [-0.39, 0.29) is 0 Å². The van der Waals surface area contributed by atoms with Gasteiger partial charge in [-0.15, -0.1) is 0 Å². The van der Waals surface area contributed by atoms with Crippen LogP contribution >= 0.6 is 0 Å². The van der Waals surface area contributed by atoms with Crippen LogP contribution in [0.15, 0.2) is 24.4 Å². The molecule has 0 saturated carbocycles. The number of aromatic amines is 1. The maximum absolute atomic E-state index is 4.75. The van der Waals surface area contributed by atoms with Crippen molar-refractivity contribution in [2.24, 2.45) is 0 Å². The number of aryl methyl sites for hydroxylation is 1. The molecule has 0 amide bonds. The summed E-state index contributed by atoms with van der Waals surface area (Å²) in [6.45, 7) is 5.17. The van der Waals surface area contributed by atoms with Gasteiger partial charge in [-0.1, -0.05) is 0 Å². The zero-order valence-electron chi connectivity index (χ0n) is 13.2. The molecule has 1 unspecified atom stereocenters. The molecular weight excluding hydrogens is 290 g/mol. The van der Waals surface area contributed by atoms with E-state index < -0.39 is 0 Å².